The average Bonchev–Trinajstić information content (AvgIpc) is 2.87. The molecule has 3 aliphatic rings. The van der Waals surface area contributed by atoms with Crippen LogP contribution in [-0.4, -0.2) is 120 Å². The number of rotatable bonds is 13. The Morgan fingerprint density at radius 2 is 0.940 bits per heavy atom. The van der Waals surface area contributed by atoms with Crippen molar-refractivity contribution < 1.29 is 36.2 Å². The van der Waals surface area contributed by atoms with Crippen LogP contribution in [0.5, 0.6) is 0 Å². The topological polar surface area (TPSA) is 289 Å². The minimum atomic E-state index is -3.55. The molecule has 452 valence electrons. The predicted octanol–water partition coefficient (Wildman–Crippen LogP) is 10.4. The maximum absolute atomic E-state index is 12.3. The molecule has 3 fully saturated rings. The first-order chi connectivity index (χ1) is 39.3. The molecule has 2 aromatic carbocycles. The van der Waals surface area contributed by atoms with E-state index >= 15 is 0 Å². The van der Waals surface area contributed by atoms with Crippen LogP contribution in [0.4, 0.5) is 34.1 Å². The van der Waals surface area contributed by atoms with Crippen LogP contribution in [0.15, 0.2) is 133 Å². The summed E-state index contributed by atoms with van der Waals surface area (Å²) in [6.07, 6.45) is 18.9. The normalized spacial score (nSPS) is 15.5. The van der Waals surface area contributed by atoms with Crippen molar-refractivity contribution in [2.45, 2.75) is 132 Å². The number of hydrogen-bond acceptors (Lipinski definition) is 18. The SMILES string of the molecule is CB(O)O.CNS(=O)(=O)c1ccc(NC2CCCCC2)c(B2OC(C)(C)C(C)(C)O2)c1.CNc1ccnc(-c2cc(S(=O)(=O)NC)ccc2NC2CCCCC2)c1.CNc1ccnc(Br)c1.CNc1ccnc(Br)c1.Nc1ccnc(Br)c1. The Morgan fingerprint density at radius 3 is 1.33 bits per heavy atom. The minimum absolute atomic E-state index is 0.212. The Labute approximate surface area is 517 Å². The lowest BCUT2D eigenvalue weighted by molar-refractivity contribution is 0.00578. The number of anilines is 6. The summed E-state index contributed by atoms with van der Waals surface area (Å²) >= 11 is 9.67. The highest BCUT2D eigenvalue weighted by atomic mass is 79.9. The predicted molar refractivity (Wildman–Crippen MR) is 350 cm³/mol. The molecule has 0 radical (unpaired) electrons. The van der Waals surface area contributed by atoms with Crippen molar-refractivity contribution in [3.63, 3.8) is 0 Å². The van der Waals surface area contributed by atoms with E-state index in [1.54, 1.807) is 61.2 Å². The number of nitrogen functional groups attached to an aromatic ring is 1. The van der Waals surface area contributed by atoms with Crippen LogP contribution in [-0.2, 0) is 29.4 Å². The van der Waals surface area contributed by atoms with Gasteiger partial charge in [-0.3, -0.25) is 4.98 Å². The molecular weight excluding hydrogens is 1290 g/mol. The summed E-state index contributed by atoms with van der Waals surface area (Å²) in [5.41, 5.74) is 12.3. The number of sulfonamides is 2. The number of pyridine rings is 4. The Hall–Kier alpha value is -4.93. The van der Waals surface area contributed by atoms with Gasteiger partial charge < -0.3 is 51.7 Å². The maximum atomic E-state index is 12.3. The maximum Gasteiger partial charge on any atom is 0.497 e. The lowest BCUT2D eigenvalue weighted by Gasteiger charge is -2.32. The summed E-state index contributed by atoms with van der Waals surface area (Å²) < 4.78 is 68.8. The van der Waals surface area contributed by atoms with Gasteiger partial charge in [0.2, 0.25) is 20.0 Å². The molecule has 6 aromatic rings. The van der Waals surface area contributed by atoms with Crippen molar-refractivity contribution in [3.05, 3.63) is 124 Å². The van der Waals surface area contributed by atoms with E-state index in [1.807, 2.05) is 97.4 Å². The molecule has 0 atom stereocenters. The van der Waals surface area contributed by atoms with Gasteiger partial charge in [-0.15, -0.1) is 0 Å². The summed E-state index contributed by atoms with van der Waals surface area (Å²) in [6.45, 7) is 9.26. The average molecular weight is 1380 g/mol. The first-order valence-corrected chi connectivity index (χ1v) is 32.6. The molecule has 5 heterocycles. The fourth-order valence-corrected chi connectivity index (χ4v) is 11.1. The second-order valence-electron chi connectivity index (χ2n) is 20.4. The fraction of sp³-hybridized carbons (Fsp3) is 0.429. The van der Waals surface area contributed by atoms with Crippen LogP contribution < -0.4 is 47.2 Å². The molecule has 0 spiro atoms. The number of aromatic nitrogens is 4. The van der Waals surface area contributed by atoms with E-state index < -0.39 is 45.5 Å². The van der Waals surface area contributed by atoms with Crippen LogP contribution >= 0.6 is 47.8 Å². The number of nitrogens with one attached hydrogen (secondary N) is 7. The monoisotopic (exact) mass is 1370 g/mol. The van der Waals surface area contributed by atoms with Crippen molar-refractivity contribution >= 4 is 122 Å². The summed E-state index contributed by atoms with van der Waals surface area (Å²) in [5, 5.41) is 31.5. The summed E-state index contributed by atoms with van der Waals surface area (Å²) in [6, 6.07) is 26.1. The Kier molecular flexibility index (Phi) is 29.1. The number of benzene rings is 2. The Morgan fingerprint density at radius 1 is 0.554 bits per heavy atom. The molecule has 2 saturated carbocycles. The van der Waals surface area contributed by atoms with Gasteiger partial charge in [0.1, 0.15) is 13.8 Å². The Bertz CT molecular complexity index is 3100. The zero-order valence-corrected chi connectivity index (χ0v) is 55.3. The molecule has 0 amide bonds. The molecule has 1 aliphatic heterocycles. The molecular formula is C56H81B2Br3N12O8S2. The molecule has 0 bridgehead atoms. The smallest absolute Gasteiger partial charge is 0.427 e. The van der Waals surface area contributed by atoms with E-state index in [-0.39, 0.29) is 9.79 Å². The molecule has 0 unspecified atom stereocenters. The molecule has 20 nitrogen and oxygen atoms in total. The van der Waals surface area contributed by atoms with Crippen LogP contribution in [0.25, 0.3) is 11.3 Å². The molecule has 4 aromatic heterocycles. The van der Waals surface area contributed by atoms with Gasteiger partial charge in [-0.1, -0.05) is 38.5 Å². The third-order valence-corrected chi connectivity index (χ3v) is 17.8. The first kappa shape index (κ1) is 70.6. The quantitative estimate of drug-likeness (QED) is 0.0380. The lowest BCUT2D eigenvalue weighted by atomic mass is 9.77. The lowest BCUT2D eigenvalue weighted by Crippen LogP contribution is -2.41. The third kappa shape index (κ3) is 23.5. The number of halogens is 3. The van der Waals surface area contributed by atoms with E-state index in [0.717, 1.165) is 90.3 Å². The summed E-state index contributed by atoms with van der Waals surface area (Å²) in [4.78, 5) is 16.7. The molecule has 83 heavy (non-hydrogen) atoms. The van der Waals surface area contributed by atoms with Gasteiger partial charge in [-0.2, -0.15) is 0 Å². The van der Waals surface area contributed by atoms with E-state index in [0.29, 0.717) is 12.1 Å². The van der Waals surface area contributed by atoms with Crippen LogP contribution in [0.3, 0.4) is 0 Å². The second kappa shape index (κ2) is 34.3. The standard InChI is InChI=1S/C19H31BN2O4S.C19H26N4O2S.2C6H7BrN2.C5H5BrN2.CH5BO2/c1-18(2)19(3,4)26-20(25-18)16-13-15(27(23,24)21-5)11-12-17(16)22-14-9-7-6-8-10-14;1-20-15-10-11-22-19(12-15)17-13-16(26(24,25)21-2)8-9-18(17)23-14-6-4-3-5-7-14;2*1-8-5-2-3-9-6(7)4-5;6-5-3-4(7)1-2-8-5;1-2(3)4/h11-14,21-22H,6-10H2,1-5H3;8-14,21,23H,3-7H2,1-2H3,(H,20,22);2*2-4H,1H3,(H,8,9);1-3H,(H2,7,8);3-4H,1H3. The van der Waals surface area contributed by atoms with Crippen LogP contribution in [0, 0.1) is 0 Å². The van der Waals surface area contributed by atoms with Crippen LogP contribution in [0.1, 0.15) is 91.9 Å². The van der Waals surface area contributed by atoms with Gasteiger partial charge in [0.05, 0.1) is 26.7 Å². The minimum Gasteiger partial charge on any atom is -0.427 e. The Balaban J connectivity index is 0.000000240. The molecule has 11 N–H and O–H groups in total. The second-order valence-corrected chi connectivity index (χ2v) is 26.6. The van der Waals surface area contributed by atoms with E-state index in [2.05, 4.69) is 104 Å². The first-order valence-electron chi connectivity index (χ1n) is 27.3. The van der Waals surface area contributed by atoms with Gasteiger partial charge in [-0.05, 0) is 207 Å². The van der Waals surface area contributed by atoms with Crippen molar-refractivity contribution in [3.8, 4) is 11.3 Å². The highest BCUT2D eigenvalue weighted by molar-refractivity contribution is 9.11. The van der Waals surface area contributed by atoms with Crippen LogP contribution in [0.2, 0.25) is 6.82 Å². The number of nitrogens with zero attached hydrogens (tertiary/aromatic N) is 4. The van der Waals surface area contributed by atoms with Crippen molar-refractivity contribution in [1.82, 2.24) is 29.4 Å². The largest absolute Gasteiger partial charge is 0.497 e. The van der Waals surface area contributed by atoms with Gasteiger partial charge in [0.15, 0.2) is 0 Å². The van der Waals surface area contributed by atoms with E-state index in [9.17, 15) is 16.8 Å². The molecule has 2 aliphatic carbocycles. The zero-order valence-electron chi connectivity index (χ0n) is 48.9. The molecule has 1 saturated heterocycles. The van der Waals surface area contributed by atoms with E-state index in [1.165, 1.54) is 59.4 Å². The summed E-state index contributed by atoms with van der Waals surface area (Å²) in [5.74, 6) is 0. The highest BCUT2D eigenvalue weighted by Crippen LogP contribution is 2.38. The number of nitrogens with two attached hydrogens (primary N) is 1. The molecule has 27 heteroatoms. The van der Waals surface area contributed by atoms with E-state index in [4.69, 9.17) is 25.1 Å². The zero-order chi connectivity index (χ0) is 61.4. The fourth-order valence-electron chi connectivity index (χ4n) is 8.47. The molecule has 9 rings (SSSR count). The van der Waals surface area contributed by atoms with Crippen molar-refractivity contribution in [2.24, 2.45) is 0 Å². The highest BCUT2D eigenvalue weighted by Gasteiger charge is 2.52. The van der Waals surface area contributed by atoms with Crippen molar-refractivity contribution in [2.75, 3.05) is 67.6 Å². The van der Waals surface area contributed by atoms with Gasteiger partial charge in [0.25, 0.3) is 0 Å². The van der Waals surface area contributed by atoms with Gasteiger partial charge in [0, 0.05) is 103 Å². The van der Waals surface area contributed by atoms with Gasteiger partial charge >= 0.3 is 14.2 Å². The number of hydrogen-bond donors (Lipinski definition) is 10. The van der Waals surface area contributed by atoms with Gasteiger partial charge in [-0.25, -0.2) is 41.2 Å². The summed E-state index contributed by atoms with van der Waals surface area (Å²) in [7, 11) is -0.409. The van der Waals surface area contributed by atoms with Crippen molar-refractivity contribution in [1.29, 1.82) is 0 Å². The third-order valence-electron chi connectivity index (χ3n) is 13.7.